The maximum absolute atomic E-state index is 12.9. The molecule has 1 aliphatic rings. The molecule has 0 aliphatic carbocycles. The SMILES string of the molecule is C[C@@H](Sc1nn(-c2ccccc2)c(=S)s1)C(=O)N1CCc2ccccc21. The molecule has 0 radical (unpaired) electrons. The number of para-hydroxylation sites is 2. The predicted molar refractivity (Wildman–Crippen MR) is 110 cm³/mol. The van der Waals surface area contributed by atoms with Crippen LogP contribution in [0.4, 0.5) is 5.69 Å². The van der Waals surface area contributed by atoms with Crippen LogP contribution in [0.25, 0.3) is 5.69 Å². The summed E-state index contributed by atoms with van der Waals surface area (Å²) in [5.74, 6) is 0.118. The van der Waals surface area contributed by atoms with E-state index in [1.807, 2.05) is 60.4 Å². The van der Waals surface area contributed by atoms with Crippen LogP contribution in [0.5, 0.6) is 0 Å². The first kappa shape index (κ1) is 17.5. The molecule has 0 unspecified atom stereocenters. The molecule has 0 spiro atoms. The minimum absolute atomic E-state index is 0.118. The zero-order valence-electron chi connectivity index (χ0n) is 14.2. The number of rotatable bonds is 4. The Balaban J connectivity index is 1.51. The molecule has 26 heavy (non-hydrogen) atoms. The van der Waals surface area contributed by atoms with E-state index in [9.17, 15) is 4.79 Å². The summed E-state index contributed by atoms with van der Waals surface area (Å²) in [4.78, 5) is 14.8. The minimum Gasteiger partial charge on any atom is -0.311 e. The molecule has 2 heterocycles. The van der Waals surface area contributed by atoms with Crippen molar-refractivity contribution < 1.29 is 4.79 Å². The van der Waals surface area contributed by atoms with E-state index >= 15 is 0 Å². The van der Waals surface area contributed by atoms with Gasteiger partial charge in [-0.05, 0) is 49.3 Å². The quantitative estimate of drug-likeness (QED) is 0.469. The van der Waals surface area contributed by atoms with Crippen molar-refractivity contribution in [2.45, 2.75) is 22.9 Å². The molecule has 0 fully saturated rings. The Kier molecular flexibility index (Phi) is 4.93. The molecule has 2 aromatic carbocycles. The zero-order chi connectivity index (χ0) is 18.1. The number of benzene rings is 2. The molecule has 0 bridgehead atoms. The van der Waals surface area contributed by atoms with E-state index in [4.69, 9.17) is 12.2 Å². The summed E-state index contributed by atoms with van der Waals surface area (Å²) in [6.07, 6.45) is 0.918. The molecule has 4 rings (SSSR count). The van der Waals surface area contributed by atoms with Gasteiger partial charge in [-0.15, -0.1) is 5.10 Å². The van der Waals surface area contributed by atoms with Gasteiger partial charge >= 0.3 is 0 Å². The molecule has 132 valence electrons. The lowest BCUT2D eigenvalue weighted by atomic mass is 10.2. The summed E-state index contributed by atoms with van der Waals surface area (Å²) in [7, 11) is 0. The van der Waals surface area contributed by atoms with E-state index in [-0.39, 0.29) is 11.2 Å². The van der Waals surface area contributed by atoms with Crippen LogP contribution >= 0.6 is 35.3 Å². The number of amides is 1. The van der Waals surface area contributed by atoms with Crippen molar-refractivity contribution in [3.8, 4) is 5.69 Å². The number of carbonyl (C=O) groups is 1. The van der Waals surface area contributed by atoms with Gasteiger partial charge in [-0.2, -0.15) is 0 Å². The Morgan fingerprint density at radius 3 is 2.73 bits per heavy atom. The van der Waals surface area contributed by atoms with Crippen LogP contribution in [0.2, 0.25) is 0 Å². The summed E-state index contributed by atoms with van der Waals surface area (Å²) in [5.41, 5.74) is 3.21. The minimum atomic E-state index is -0.217. The highest BCUT2D eigenvalue weighted by Crippen LogP contribution is 2.33. The molecule has 1 amide bonds. The zero-order valence-corrected chi connectivity index (χ0v) is 16.6. The lowest BCUT2D eigenvalue weighted by molar-refractivity contribution is -0.117. The van der Waals surface area contributed by atoms with Crippen LogP contribution in [-0.2, 0) is 11.2 Å². The van der Waals surface area contributed by atoms with Crippen molar-refractivity contribution in [3.05, 3.63) is 64.1 Å². The van der Waals surface area contributed by atoms with Gasteiger partial charge in [0.25, 0.3) is 0 Å². The van der Waals surface area contributed by atoms with Crippen LogP contribution in [0.3, 0.4) is 0 Å². The number of thioether (sulfide) groups is 1. The summed E-state index contributed by atoms with van der Waals surface area (Å²) >= 11 is 8.36. The second-order valence-corrected chi connectivity index (χ2v) is 9.22. The fourth-order valence-electron chi connectivity index (χ4n) is 3.03. The smallest absolute Gasteiger partial charge is 0.240 e. The molecule has 0 saturated carbocycles. The molecule has 0 N–H and O–H groups in total. The Morgan fingerprint density at radius 1 is 1.19 bits per heavy atom. The molecule has 1 atom stereocenters. The van der Waals surface area contributed by atoms with Crippen molar-refractivity contribution in [3.63, 3.8) is 0 Å². The van der Waals surface area contributed by atoms with E-state index in [1.54, 1.807) is 4.68 Å². The first-order valence-corrected chi connectivity index (χ1v) is 10.5. The maximum atomic E-state index is 12.9. The average molecular weight is 400 g/mol. The summed E-state index contributed by atoms with van der Waals surface area (Å²) in [5, 5.41) is 4.38. The second kappa shape index (κ2) is 7.34. The first-order valence-electron chi connectivity index (χ1n) is 8.35. The molecule has 1 aromatic heterocycles. The fraction of sp³-hybridized carbons (Fsp3) is 0.211. The second-order valence-electron chi connectivity index (χ2n) is 6.01. The standard InChI is InChI=1S/C19H17N3OS3/c1-13(17(23)21-12-11-14-7-5-6-10-16(14)21)25-18-20-22(19(24)26-18)15-8-3-2-4-9-15/h2-10,13H,11-12H2,1H3/t13-/m1/s1. The van der Waals surface area contributed by atoms with Gasteiger partial charge in [0, 0.05) is 12.2 Å². The molecule has 0 saturated heterocycles. The highest BCUT2D eigenvalue weighted by atomic mass is 32.2. The van der Waals surface area contributed by atoms with Crippen LogP contribution in [0.1, 0.15) is 12.5 Å². The van der Waals surface area contributed by atoms with E-state index in [1.165, 1.54) is 28.7 Å². The number of hydrogen-bond donors (Lipinski definition) is 0. The molecule has 3 aromatic rings. The van der Waals surface area contributed by atoms with E-state index in [0.717, 1.165) is 28.7 Å². The third kappa shape index (κ3) is 3.34. The average Bonchev–Trinajstić information content (AvgIpc) is 3.25. The normalized spacial score (nSPS) is 14.3. The largest absolute Gasteiger partial charge is 0.311 e. The van der Waals surface area contributed by atoms with Gasteiger partial charge in [-0.1, -0.05) is 59.5 Å². The predicted octanol–water partition coefficient (Wildman–Crippen LogP) is 4.73. The van der Waals surface area contributed by atoms with Gasteiger partial charge in [0.2, 0.25) is 5.91 Å². The van der Waals surface area contributed by atoms with Crippen molar-refractivity contribution in [1.82, 2.24) is 9.78 Å². The third-order valence-corrected chi connectivity index (χ3v) is 6.71. The van der Waals surface area contributed by atoms with Crippen molar-refractivity contribution in [2.24, 2.45) is 0 Å². The van der Waals surface area contributed by atoms with Crippen LogP contribution in [-0.4, -0.2) is 27.5 Å². The first-order chi connectivity index (χ1) is 12.6. The van der Waals surface area contributed by atoms with Crippen molar-refractivity contribution >= 4 is 46.9 Å². The number of carbonyl (C=O) groups excluding carboxylic acids is 1. The topological polar surface area (TPSA) is 38.1 Å². The third-order valence-electron chi connectivity index (χ3n) is 4.31. The van der Waals surface area contributed by atoms with E-state index < -0.39 is 0 Å². The molecular formula is C19H17N3OS3. The number of hydrogen-bond acceptors (Lipinski definition) is 5. The molecular weight excluding hydrogens is 382 g/mol. The Bertz CT molecular complexity index is 997. The highest BCUT2D eigenvalue weighted by Gasteiger charge is 2.28. The monoisotopic (exact) mass is 399 g/mol. The van der Waals surface area contributed by atoms with Gasteiger partial charge in [-0.3, -0.25) is 4.79 Å². The maximum Gasteiger partial charge on any atom is 0.240 e. The summed E-state index contributed by atoms with van der Waals surface area (Å²) < 4.78 is 3.25. The van der Waals surface area contributed by atoms with Crippen LogP contribution in [0.15, 0.2) is 58.9 Å². The van der Waals surface area contributed by atoms with Crippen molar-refractivity contribution in [1.29, 1.82) is 0 Å². The Labute approximate surface area is 165 Å². The lowest BCUT2D eigenvalue weighted by Gasteiger charge is -2.20. The van der Waals surface area contributed by atoms with E-state index in [2.05, 4.69) is 11.2 Å². The Hall–Kier alpha value is -1.96. The van der Waals surface area contributed by atoms with Gasteiger partial charge < -0.3 is 4.90 Å². The van der Waals surface area contributed by atoms with Gasteiger partial charge in [0.1, 0.15) is 0 Å². The summed E-state index contributed by atoms with van der Waals surface area (Å²) in [6.45, 7) is 2.68. The van der Waals surface area contributed by atoms with Gasteiger partial charge in [-0.25, -0.2) is 4.68 Å². The fourth-order valence-corrected chi connectivity index (χ4v) is 5.60. The van der Waals surface area contributed by atoms with Gasteiger partial charge in [0.15, 0.2) is 8.29 Å². The summed E-state index contributed by atoms with van der Waals surface area (Å²) in [6, 6.07) is 17.9. The number of fused-ring (bicyclic) bond motifs is 1. The number of anilines is 1. The Morgan fingerprint density at radius 2 is 1.92 bits per heavy atom. The molecule has 4 nitrogen and oxygen atoms in total. The molecule has 1 aliphatic heterocycles. The van der Waals surface area contributed by atoms with Crippen LogP contribution in [0, 0.1) is 3.95 Å². The van der Waals surface area contributed by atoms with Crippen LogP contribution < -0.4 is 4.90 Å². The van der Waals surface area contributed by atoms with E-state index in [0.29, 0.717) is 3.95 Å². The lowest BCUT2D eigenvalue weighted by Crippen LogP contribution is -2.35. The van der Waals surface area contributed by atoms with Crippen molar-refractivity contribution in [2.75, 3.05) is 11.4 Å². The number of aromatic nitrogens is 2. The number of nitrogens with zero attached hydrogens (tertiary/aromatic N) is 3. The molecule has 7 heteroatoms. The highest BCUT2D eigenvalue weighted by molar-refractivity contribution is 8.02. The van der Waals surface area contributed by atoms with Gasteiger partial charge in [0.05, 0.1) is 10.9 Å².